The Morgan fingerprint density at radius 1 is 1.44 bits per heavy atom. The van der Waals surface area contributed by atoms with Crippen LogP contribution in [0.4, 0.5) is 0 Å². The third kappa shape index (κ3) is 7.25. The lowest BCUT2D eigenvalue weighted by atomic mass is 9.97. The van der Waals surface area contributed by atoms with Crippen LogP contribution in [0.3, 0.4) is 0 Å². The summed E-state index contributed by atoms with van der Waals surface area (Å²) in [6.07, 6.45) is 2.46. The van der Waals surface area contributed by atoms with Crippen molar-refractivity contribution >= 4 is 33.2 Å². The second-order valence-electron chi connectivity index (χ2n) is 6.53. The van der Waals surface area contributed by atoms with Crippen LogP contribution >= 0.6 is 27.3 Å². The summed E-state index contributed by atoms with van der Waals surface area (Å²) >= 11 is 5.32. The minimum atomic E-state index is 0.691. The van der Waals surface area contributed by atoms with Crippen LogP contribution in [0.2, 0.25) is 0 Å². The first-order valence-corrected chi connectivity index (χ1v) is 10.7. The molecule has 0 aromatic carbocycles. The van der Waals surface area contributed by atoms with Crippen molar-refractivity contribution in [2.75, 3.05) is 53.5 Å². The van der Waals surface area contributed by atoms with Crippen molar-refractivity contribution in [3.63, 3.8) is 0 Å². The van der Waals surface area contributed by atoms with Gasteiger partial charge in [-0.2, -0.15) is 0 Å². The van der Waals surface area contributed by atoms with E-state index in [1.54, 1.807) is 18.4 Å². The summed E-state index contributed by atoms with van der Waals surface area (Å²) in [5, 5.41) is 3.43. The van der Waals surface area contributed by atoms with Gasteiger partial charge in [-0.3, -0.25) is 4.99 Å². The number of rotatable bonds is 8. The Morgan fingerprint density at radius 2 is 2.20 bits per heavy atom. The summed E-state index contributed by atoms with van der Waals surface area (Å²) in [6, 6.07) is 4.28. The van der Waals surface area contributed by atoms with Gasteiger partial charge in [-0.05, 0) is 66.8 Å². The van der Waals surface area contributed by atoms with E-state index in [1.165, 1.54) is 34.6 Å². The number of hydrogen-bond acceptors (Lipinski definition) is 4. The van der Waals surface area contributed by atoms with Crippen molar-refractivity contribution in [2.45, 2.75) is 26.3 Å². The number of ether oxygens (including phenoxy) is 1. The number of guanidine groups is 1. The lowest BCUT2D eigenvalue weighted by molar-refractivity contribution is 0.121. The van der Waals surface area contributed by atoms with Crippen LogP contribution < -0.4 is 5.32 Å². The van der Waals surface area contributed by atoms with Crippen molar-refractivity contribution < 1.29 is 4.74 Å². The van der Waals surface area contributed by atoms with E-state index in [0.29, 0.717) is 5.92 Å². The summed E-state index contributed by atoms with van der Waals surface area (Å²) in [4.78, 5) is 11.0. The molecular formula is C18H31BrN4OS. The Kier molecular flexibility index (Phi) is 9.23. The highest BCUT2D eigenvalue weighted by Crippen LogP contribution is 2.23. The van der Waals surface area contributed by atoms with Crippen molar-refractivity contribution in [1.82, 2.24) is 15.1 Å². The normalized spacial score (nSPS) is 17.0. The monoisotopic (exact) mass is 430 g/mol. The molecule has 0 unspecified atom stereocenters. The predicted molar refractivity (Wildman–Crippen MR) is 111 cm³/mol. The molecule has 0 spiro atoms. The molecule has 5 nitrogen and oxygen atoms in total. The molecule has 25 heavy (non-hydrogen) atoms. The highest BCUT2D eigenvalue weighted by atomic mass is 79.9. The van der Waals surface area contributed by atoms with Crippen LogP contribution in [0.1, 0.15) is 24.6 Å². The van der Waals surface area contributed by atoms with Gasteiger partial charge in [0.05, 0.1) is 16.9 Å². The van der Waals surface area contributed by atoms with E-state index < -0.39 is 0 Å². The number of aliphatic imine (C=N–C) groups is 1. The van der Waals surface area contributed by atoms with Crippen LogP contribution in [-0.2, 0) is 11.3 Å². The topological polar surface area (TPSA) is 40.1 Å². The van der Waals surface area contributed by atoms with E-state index in [4.69, 9.17) is 9.73 Å². The van der Waals surface area contributed by atoms with Gasteiger partial charge in [0.15, 0.2) is 5.96 Å². The third-order valence-electron chi connectivity index (χ3n) is 4.54. The van der Waals surface area contributed by atoms with Gasteiger partial charge in [0.25, 0.3) is 0 Å². The van der Waals surface area contributed by atoms with Gasteiger partial charge in [0.1, 0.15) is 0 Å². The number of piperidine rings is 1. The molecule has 0 amide bonds. The molecule has 1 saturated heterocycles. The average molecular weight is 431 g/mol. The molecule has 0 radical (unpaired) electrons. The minimum absolute atomic E-state index is 0.691. The standard InChI is InChI=1S/C18H31BrN4OS/c1-4-20-18(22(2)14-16-5-6-17(19)25-16)21-13-15-7-9-23(10-8-15)11-12-24-3/h5-6,15H,4,7-14H2,1-3H3,(H,20,21). The average Bonchev–Trinajstić information content (AvgIpc) is 3.02. The molecule has 7 heteroatoms. The number of hydrogen-bond donors (Lipinski definition) is 1. The van der Waals surface area contributed by atoms with Crippen molar-refractivity contribution in [2.24, 2.45) is 10.9 Å². The van der Waals surface area contributed by atoms with Gasteiger partial charge in [-0.1, -0.05) is 0 Å². The van der Waals surface area contributed by atoms with Crippen molar-refractivity contribution in [3.8, 4) is 0 Å². The molecule has 1 aromatic rings. The number of nitrogens with zero attached hydrogens (tertiary/aromatic N) is 3. The van der Waals surface area contributed by atoms with Crippen LogP contribution in [0, 0.1) is 5.92 Å². The van der Waals surface area contributed by atoms with Crippen LogP contribution in [0.5, 0.6) is 0 Å². The van der Waals surface area contributed by atoms with Gasteiger partial charge in [0.2, 0.25) is 0 Å². The Morgan fingerprint density at radius 3 is 2.80 bits per heavy atom. The number of methoxy groups -OCH3 is 1. The Labute approximate surface area is 164 Å². The minimum Gasteiger partial charge on any atom is -0.383 e. The summed E-state index contributed by atoms with van der Waals surface area (Å²) in [5.41, 5.74) is 0. The van der Waals surface area contributed by atoms with Gasteiger partial charge in [-0.15, -0.1) is 11.3 Å². The quantitative estimate of drug-likeness (QED) is 0.507. The smallest absolute Gasteiger partial charge is 0.193 e. The highest BCUT2D eigenvalue weighted by molar-refractivity contribution is 9.11. The molecule has 0 saturated carbocycles. The first kappa shape index (κ1) is 20.7. The maximum absolute atomic E-state index is 5.17. The maximum atomic E-state index is 5.17. The predicted octanol–water partition coefficient (Wildman–Crippen LogP) is 3.27. The van der Waals surface area contributed by atoms with E-state index in [-0.39, 0.29) is 0 Å². The summed E-state index contributed by atoms with van der Waals surface area (Å²) in [5.74, 6) is 1.70. The van der Waals surface area contributed by atoms with Gasteiger partial charge < -0.3 is 19.9 Å². The first-order valence-electron chi connectivity index (χ1n) is 9.07. The van der Waals surface area contributed by atoms with Gasteiger partial charge in [0, 0.05) is 38.7 Å². The second kappa shape index (κ2) is 11.2. The zero-order valence-electron chi connectivity index (χ0n) is 15.6. The van der Waals surface area contributed by atoms with E-state index in [9.17, 15) is 0 Å². The second-order valence-corrected chi connectivity index (χ2v) is 9.08. The molecule has 1 fully saturated rings. The molecule has 1 N–H and O–H groups in total. The van der Waals surface area contributed by atoms with E-state index >= 15 is 0 Å². The van der Waals surface area contributed by atoms with Gasteiger partial charge in [-0.25, -0.2) is 0 Å². The molecule has 142 valence electrons. The SMILES string of the molecule is CCNC(=NCC1CCN(CCOC)CC1)N(C)Cc1ccc(Br)s1. The molecule has 0 bridgehead atoms. The largest absolute Gasteiger partial charge is 0.383 e. The Bertz CT molecular complexity index is 529. The fourth-order valence-electron chi connectivity index (χ4n) is 3.04. The highest BCUT2D eigenvalue weighted by Gasteiger charge is 2.19. The van der Waals surface area contributed by atoms with E-state index in [0.717, 1.165) is 38.7 Å². The molecule has 0 atom stereocenters. The van der Waals surface area contributed by atoms with E-state index in [2.05, 4.69) is 57.2 Å². The molecule has 1 aliphatic rings. The third-order valence-corrected chi connectivity index (χ3v) is 6.14. The summed E-state index contributed by atoms with van der Waals surface area (Å²) < 4.78 is 6.35. The molecule has 2 rings (SSSR count). The Hall–Kier alpha value is -0.630. The number of halogens is 1. The van der Waals surface area contributed by atoms with Crippen LogP contribution in [0.15, 0.2) is 20.9 Å². The van der Waals surface area contributed by atoms with Crippen LogP contribution in [0.25, 0.3) is 0 Å². The molecule has 1 aliphatic heterocycles. The number of likely N-dealkylation sites (tertiary alicyclic amines) is 1. The fourth-order valence-corrected chi connectivity index (χ4v) is 4.58. The van der Waals surface area contributed by atoms with E-state index in [1.807, 2.05) is 0 Å². The molecule has 2 heterocycles. The summed E-state index contributed by atoms with van der Waals surface area (Å²) in [7, 11) is 3.89. The maximum Gasteiger partial charge on any atom is 0.193 e. The molecular weight excluding hydrogens is 400 g/mol. The fraction of sp³-hybridized carbons (Fsp3) is 0.722. The molecule has 0 aliphatic carbocycles. The van der Waals surface area contributed by atoms with Gasteiger partial charge >= 0.3 is 0 Å². The summed E-state index contributed by atoms with van der Waals surface area (Å²) in [6.45, 7) is 9.03. The lowest BCUT2D eigenvalue weighted by Gasteiger charge is -2.31. The van der Waals surface area contributed by atoms with Crippen LogP contribution in [-0.4, -0.2) is 69.2 Å². The molecule has 1 aromatic heterocycles. The zero-order valence-corrected chi connectivity index (χ0v) is 18.0. The zero-order chi connectivity index (χ0) is 18.1. The van der Waals surface area contributed by atoms with Crippen molar-refractivity contribution in [1.29, 1.82) is 0 Å². The Balaban J connectivity index is 1.82. The first-order chi connectivity index (χ1) is 12.1. The number of thiophene rings is 1. The number of nitrogens with one attached hydrogen (secondary N) is 1. The van der Waals surface area contributed by atoms with Crippen molar-refractivity contribution in [3.05, 3.63) is 20.8 Å². The lowest BCUT2D eigenvalue weighted by Crippen LogP contribution is -2.40.